The molecule has 0 spiro atoms. The van der Waals surface area contributed by atoms with E-state index in [1.54, 1.807) is 24.5 Å². The fourth-order valence-electron chi connectivity index (χ4n) is 2.42. The Hall–Kier alpha value is -3.44. The molecule has 0 aliphatic carbocycles. The number of nitrogens with zero attached hydrogens (tertiary/aromatic N) is 2. The topological polar surface area (TPSA) is 108 Å². The van der Waals surface area contributed by atoms with Gasteiger partial charge in [-0.1, -0.05) is 12.1 Å². The van der Waals surface area contributed by atoms with Crippen LogP contribution in [0.3, 0.4) is 0 Å². The number of phenolic OH excluding ortho intramolecular Hbond substituents is 1. The lowest BCUT2D eigenvalue weighted by Crippen LogP contribution is -2.09. The zero-order chi connectivity index (χ0) is 19.4. The number of phenols is 1. The molecule has 8 heteroatoms. The second-order valence-corrected chi connectivity index (χ2v) is 6.17. The number of hydrogen-bond donors (Lipinski definition) is 2. The third kappa shape index (κ3) is 3.73. The van der Waals surface area contributed by atoms with Crippen LogP contribution < -0.4 is 5.32 Å². The van der Waals surface area contributed by atoms with Gasteiger partial charge < -0.3 is 19.6 Å². The Morgan fingerprint density at radius 3 is 2.74 bits per heavy atom. The molecular formula is C19H15N3O4S. The van der Waals surface area contributed by atoms with Crippen LogP contribution in [0.4, 0.5) is 5.69 Å². The average Bonchev–Trinajstić information content (AvgIpc) is 3.11. The van der Waals surface area contributed by atoms with E-state index in [1.807, 2.05) is 24.3 Å². The van der Waals surface area contributed by atoms with E-state index in [-0.39, 0.29) is 11.3 Å². The molecule has 0 saturated carbocycles. The van der Waals surface area contributed by atoms with Crippen LogP contribution in [0, 0.1) is 11.3 Å². The highest BCUT2D eigenvalue weighted by Gasteiger charge is 2.17. The number of nitriles is 1. The second kappa shape index (κ2) is 7.85. The first-order valence-corrected chi connectivity index (χ1v) is 9.02. The van der Waals surface area contributed by atoms with Crippen molar-refractivity contribution in [1.29, 1.82) is 5.26 Å². The number of anilines is 1. The molecule has 3 rings (SSSR count). The molecule has 2 N–H and O–H groups in total. The maximum atomic E-state index is 11.7. The summed E-state index contributed by atoms with van der Waals surface area (Å²) in [6.45, 7) is 0. The first-order chi connectivity index (χ1) is 13.1. The molecule has 0 bridgehead atoms. The highest BCUT2D eigenvalue weighted by molar-refractivity contribution is 8.02. The number of methoxy groups -OCH3 is 1. The van der Waals surface area contributed by atoms with Gasteiger partial charge in [0.25, 0.3) is 0 Å². The number of aromatic nitrogens is 1. The minimum absolute atomic E-state index is 0.0522. The largest absolute Gasteiger partial charge is 0.507 e. The summed E-state index contributed by atoms with van der Waals surface area (Å²) in [5.41, 5.74) is 2.10. The predicted octanol–water partition coefficient (Wildman–Crippen LogP) is 3.88. The van der Waals surface area contributed by atoms with Gasteiger partial charge >= 0.3 is 5.97 Å². The molecule has 0 fully saturated rings. The molecule has 0 aliphatic rings. The number of thioether (sulfide) groups is 1. The number of benzene rings is 2. The van der Waals surface area contributed by atoms with Crippen LogP contribution in [0.1, 0.15) is 0 Å². The number of hydrogen-bond acceptors (Lipinski definition) is 8. The van der Waals surface area contributed by atoms with Gasteiger partial charge in [0.15, 0.2) is 11.2 Å². The van der Waals surface area contributed by atoms with Crippen LogP contribution in [0.25, 0.3) is 22.6 Å². The van der Waals surface area contributed by atoms with Crippen molar-refractivity contribution < 1.29 is 19.1 Å². The smallest absolute Gasteiger partial charge is 0.351 e. The van der Waals surface area contributed by atoms with E-state index in [0.29, 0.717) is 33.3 Å². The van der Waals surface area contributed by atoms with Crippen LogP contribution in [-0.4, -0.2) is 29.4 Å². The second-order valence-electron chi connectivity index (χ2n) is 5.36. The number of nitrogens with one attached hydrogen (secondary N) is 1. The fraction of sp³-hybridized carbons (Fsp3) is 0.105. The lowest BCUT2D eigenvalue weighted by molar-refractivity contribution is -0.135. The summed E-state index contributed by atoms with van der Waals surface area (Å²) in [6.07, 6.45) is 1.72. The van der Waals surface area contributed by atoms with E-state index < -0.39 is 5.97 Å². The Kier molecular flexibility index (Phi) is 5.33. The van der Waals surface area contributed by atoms with Crippen molar-refractivity contribution in [1.82, 2.24) is 4.98 Å². The number of ether oxygens (including phenoxy) is 1. The molecule has 7 nitrogen and oxygen atoms in total. The molecule has 0 radical (unpaired) electrons. The minimum Gasteiger partial charge on any atom is -0.507 e. The normalized spacial score (nSPS) is 11.6. The summed E-state index contributed by atoms with van der Waals surface area (Å²) >= 11 is 1.18. The Morgan fingerprint density at radius 1 is 1.33 bits per heavy atom. The van der Waals surface area contributed by atoms with Gasteiger partial charge in [0.2, 0.25) is 5.89 Å². The maximum Gasteiger partial charge on any atom is 0.351 e. The molecule has 1 heterocycles. The van der Waals surface area contributed by atoms with Gasteiger partial charge in [0.1, 0.15) is 17.3 Å². The van der Waals surface area contributed by atoms with Crippen molar-refractivity contribution in [3.8, 4) is 23.3 Å². The van der Waals surface area contributed by atoms with E-state index in [1.165, 1.54) is 24.9 Å². The quantitative estimate of drug-likeness (QED) is 0.389. The summed E-state index contributed by atoms with van der Waals surface area (Å²) in [5.74, 6) is -0.488. The average molecular weight is 381 g/mol. The number of carbonyl (C=O) groups is 1. The molecule has 0 aliphatic heterocycles. The van der Waals surface area contributed by atoms with Crippen molar-refractivity contribution in [2.45, 2.75) is 0 Å². The molecule has 0 atom stereocenters. The number of fused-ring (bicyclic) bond motifs is 1. The standard InChI is InChI=1S/C19H15N3O4S/c1-25-19(24)13(10-20)18(27-2)21-11-7-8-12(15(23)9-11)17-22-14-5-3-4-6-16(14)26-17/h3-9,21,23H,1-2H3/b18-13-. The molecule has 0 amide bonds. The third-order valence-corrected chi connectivity index (χ3v) is 4.43. The highest BCUT2D eigenvalue weighted by Crippen LogP contribution is 2.34. The molecule has 2 aromatic carbocycles. The van der Waals surface area contributed by atoms with Crippen molar-refractivity contribution in [3.05, 3.63) is 53.1 Å². The van der Waals surface area contributed by atoms with Crippen LogP contribution in [0.5, 0.6) is 5.75 Å². The van der Waals surface area contributed by atoms with E-state index in [0.717, 1.165) is 0 Å². The van der Waals surface area contributed by atoms with Gasteiger partial charge in [-0.15, -0.1) is 11.8 Å². The Balaban J connectivity index is 1.93. The molecule has 27 heavy (non-hydrogen) atoms. The zero-order valence-corrected chi connectivity index (χ0v) is 15.3. The van der Waals surface area contributed by atoms with E-state index in [4.69, 9.17) is 4.42 Å². The summed E-state index contributed by atoms with van der Waals surface area (Å²) in [5, 5.41) is 22.8. The Bertz CT molecular complexity index is 1050. The van der Waals surface area contributed by atoms with Gasteiger partial charge in [-0.05, 0) is 30.5 Å². The number of para-hydroxylation sites is 2. The predicted molar refractivity (Wildman–Crippen MR) is 103 cm³/mol. The lowest BCUT2D eigenvalue weighted by atomic mass is 10.1. The number of aromatic hydroxyl groups is 1. The number of oxazole rings is 1. The van der Waals surface area contributed by atoms with E-state index in [2.05, 4.69) is 15.0 Å². The minimum atomic E-state index is -0.735. The van der Waals surface area contributed by atoms with Gasteiger partial charge in [0.05, 0.1) is 17.7 Å². The monoisotopic (exact) mass is 381 g/mol. The number of rotatable bonds is 5. The summed E-state index contributed by atoms with van der Waals surface area (Å²) < 4.78 is 10.3. The van der Waals surface area contributed by atoms with Crippen molar-refractivity contribution in [3.63, 3.8) is 0 Å². The third-order valence-electron chi connectivity index (χ3n) is 3.71. The summed E-state index contributed by atoms with van der Waals surface area (Å²) in [7, 11) is 1.21. The number of carbonyl (C=O) groups excluding carboxylic acids is 1. The van der Waals surface area contributed by atoms with E-state index in [9.17, 15) is 15.2 Å². The highest BCUT2D eigenvalue weighted by atomic mass is 32.2. The first kappa shape index (κ1) is 18.4. The first-order valence-electron chi connectivity index (χ1n) is 7.80. The molecule has 0 saturated heterocycles. The zero-order valence-electron chi connectivity index (χ0n) is 14.5. The van der Waals surface area contributed by atoms with Gasteiger partial charge in [-0.3, -0.25) is 0 Å². The van der Waals surface area contributed by atoms with Gasteiger partial charge in [0, 0.05) is 11.8 Å². The lowest BCUT2D eigenvalue weighted by Gasteiger charge is -2.11. The molecular weight excluding hydrogens is 366 g/mol. The van der Waals surface area contributed by atoms with Crippen molar-refractivity contribution in [2.24, 2.45) is 0 Å². The molecule has 3 aromatic rings. The van der Waals surface area contributed by atoms with Crippen molar-refractivity contribution in [2.75, 3.05) is 18.7 Å². The Labute approximate surface area is 159 Å². The van der Waals surface area contributed by atoms with Crippen LogP contribution in [-0.2, 0) is 9.53 Å². The van der Waals surface area contributed by atoms with Gasteiger partial charge in [-0.25, -0.2) is 9.78 Å². The molecule has 136 valence electrons. The van der Waals surface area contributed by atoms with Crippen LogP contribution in [0.2, 0.25) is 0 Å². The molecule has 1 aromatic heterocycles. The molecule has 0 unspecified atom stereocenters. The Morgan fingerprint density at radius 2 is 2.11 bits per heavy atom. The van der Waals surface area contributed by atoms with Crippen molar-refractivity contribution >= 4 is 34.5 Å². The maximum absolute atomic E-state index is 11.7. The summed E-state index contributed by atoms with van der Waals surface area (Å²) in [6, 6.07) is 13.9. The van der Waals surface area contributed by atoms with E-state index >= 15 is 0 Å². The van der Waals surface area contributed by atoms with Crippen LogP contribution in [0.15, 0.2) is 57.5 Å². The van der Waals surface area contributed by atoms with Gasteiger partial charge in [-0.2, -0.15) is 5.26 Å². The number of esters is 1. The fourth-order valence-corrected chi connectivity index (χ4v) is 2.97. The SMILES string of the molecule is COC(=O)/C(C#N)=C(/Nc1ccc(-c2nc3ccccc3o2)c(O)c1)SC. The van der Waals surface area contributed by atoms with Crippen LogP contribution >= 0.6 is 11.8 Å². The summed E-state index contributed by atoms with van der Waals surface area (Å²) in [4.78, 5) is 16.1.